The number of hydrogen-bond donors (Lipinski definition) is 2. The highest BCUT2D eigenvalue weighted by Gasteiger charge is 2.67. The first kappa shape index (κ1) is 21.8. The molecule has 6 nitrogen and oxygen atoms in total. The van der Waals surface area contributed by atoms with Gasteiger partial charge in [0.05, 0.1) is 18.3 Å². The van der Waals surface area contributed by atoms with Gasteiger partial charge >= 0.3 is 0 Å². The number of ketones is 1. The molecule has 0 spiro atoms. The second kappa shape index (κ2) is 6.57. The lowest BCUT2D eigenvalue weighted by molar-refractivity contribution is -0.125. The molecule has 160 valence electrons. The number of hydrogen-bond acceptors (Lipinski definition) is 5. The van der Waals surface area contributed by atoms with Crippen molar-refractivity contribution < 1.29 is 27.6 Å². The first-order valence-electron chi connectivity index (χ1n) is 9.77. The molecule has 2 N–H and O–H groups in total. The van der Waals surface area contributed by atoms with Crippen molar-refractivity contribution in [3.05, 3.63) is 28.8 Å². The predicted molar refractivity (Wildman–Crippen MR) is 112 cm³/mol. The van der Waals surface area contributed by atoms with Gasteiger partial charge < -0.3 is 9.84 Å². The minimum atomic E-state index is -4.31. The van der Waals surface area contributed by atoms with Crippen LogP contribution in [-0.4, -0.2) is 36.7 Å². The van der Waals surface area contributed by atoms with Gasteiger partial charge in [0.15, 0.2) is 5.78 Å². The molecule has 2 aliphatic carbocycles. The molecule has 0 radical (unpaired) electrons. The van der Waals surface area contributed by atoms with Gasteiger partial charge in [0, 0.05) is 16.7 Å². The predicted octanol–water partition coefficient (Wildman–Crippen LogP) is 3.97. The van der Waals surface area contributed by atoms with Gasteiger partial charge in [-0.1, -0.05) is 34.6 Å². The Morgan fingerprint density at radius 3 is 2.41 bits per heavy atom. The number of phenolic OH excluding ortho intramolecular Hbond substituents is 1. The molecule has 0 amide bonds. The molecule has 1 aromatic carbocycles. The van der Waals surface area contributed by atoms with Crippen molar-refractivity contribution in [1.29, 1.82) is 0 Å². The summed E-state index contributed by atoms with van der Waals surface area (Å²) < 4.78 is 38.3. The number of rotatable bonds is 4. The zero-order chi connectivity index (χ0) is 22.0. The summed E-state index contributed by atoms with van der Waals surface area (Å²) in [6, 6.07) is 3.46. The van der Waals surface area contributed by atoms with Crippen molar-refractivity contribution in [2.75, 3.05) is 12.9 Å². The fourth-order valence-electron chi connectivity index (χ4n) is 5.19. The van der Waals surface area contributed by atoms with Crippen molar-refractivity contribution >= 4 is 22.0 Å². The van der Waals surface area contributed by atoms with Gasteiger partial charge in [-0.15, -0.1) is 0 Å². The van der Waals surface area contributed by atoms with Crippen molar-refractivity contribution in [2.24, 2.45) is 16.7 Å². The van der Waals surface area contributed by atoms with Gasteiger partial charge in [-0.25, -0.2) is 0 Å². The molecule has 2 unspecified atom stereocenters. The maximum atomic E-state index is 13.4. The maximum absolute atomic E-state index is 13.4. The van der Waals surface area contributed by atoms with Crippen LogP contribution in [0.4, 0.5) is 0 Å². The summed E-state index contributed by atoms with van der Waals surface area (Å²) >= 11 is 0. The molecule has 7 heteroatoms. The van der Waals surface area contributed by atoms with Gasteiger partial charge in [0.1, 0.15) is 11.5 Å². The van der Waals surface area contributed by atoms with Gasteiger partial charge in [-0.3, -0.25) is 9.35 Å². The normalized spacial score (nSPS) is 27.6. The van der Waals surface area contributed by atoms with Crippen molar-refractivity contribution in [2.45, 2.75) is 52.9 Å². The van der Waals surface area contributed by atoms with Crippen LogP contribution in [0.1, 0.15) is 58.6 Å². The Kier molecular flexibility index (Phi) is 4.95. The quantitative estimate of drug-likeness (QED) is 0.562. The Morgan fingerprint density at radius 1 is 1.28 bits per heavy atom. The molecule has 0 aromatic heterocycles. The fourth-order valence-corrected chi connectivity index (χ4v) is 6.46. The summed E-state index contributed by atoms with van der Waals surface area (Å²) in [5, 5.41) is 10.9. The first-order chi connectivity index (χ1) is 13.1. The molecule has 0 aliphatic heterocycles. The lowest BCUT2D eigenvalue weighted by Gasteiger charge is -2.34. The number of methoxy groups -OCH3 is 1. The average Bonchev–Trinajstić information content (AvgIpc) is 2.88. The molecular weight excluding hydrogens is 392 g/mol. The molecule has 0 saturated heterocycles. The van der Waals surface area contributed by atoms with E-state index < -0.39 is 26.7 Å². The van der Waals surface area contributed by atoms with Crippen LogP contribution in [-0.2, 0) is 20.3 Å². The van der Waals surface area contributed by atoms with Crippen LogP contribution in [0, 0.1) is 16.7 Å². The first-order valence-corrected chi connectivity index (χ1v) is 11.4. The van der Waals surface area contributed by atoms with Crippen LogP contribution in [0.25, 0.3) is 6.08 Å². The summed E-state index contributed by atoms with van der Waals surface area (Å²) in [6.07, 6.45) is 2.77. The van der Waals surface area contributed by atoms with E-state index in [2.05, 4.69) is 0 Å². The van der Waals surface area contributed by atoms with Crippen LogP contribution in [0.15, 0.2) is 17.7 Å². The van der Waals surface area contributed by atoms with E-state index >= 15 is 0 Å². The monoisotopic (exact) mass is 422 g/mol. The third-order valence-corrected chi connectivity index (χ3v) is 7.79. The maximum Gasteiger partial charge on any atom is 0.265 e. The summed E-state index contributed by atoms with van der Waals surface area (Å²) in [6.45, 7) is 9.71. The summed E-state index contributed by atoms with van der Waals surface area (Å²) in [5.41, 5.74) is -0.399. The second-order valence-corrected chi connectivity index (χ2v) is 11.4. The fraction of sp³-hybridized carbons (Fsp3) is 0.591. The third kappa shape index (κ3) is 3.38. The molecule has 2 fully saturated rings. The van der Waals surface area contributed by atoms with E-state index in [9.17, 15) is 22.9 Å². The van der Waals surface area contributed by atoms with E-state index in [0.717, 1.165) is 0 Å². The molecule has 1 aromatic rings. The Bertz CT molecular complexity index is 997. The molecule has 0 heterocycles. The number of fused-ring (bicyclic) bond motifs is 2. The molecule has 2 atom stereocenters. The van der Waals surface area contributed by atoms with E-state index in [1.165, 1.54) is 0 Å². The number of carbonyl (C=O) groups is 1. The van der Waals surface area contributed by atoms with Crippen molar-refractivity contribution in [1.82, 2.24) is 0 Å². The number of allylic oxidation sites excluding steroid dienone is 1. The van der Waals surface area contributed by atoms with Crippen molar-refractivity contribution in [3.63, 3.8) is 0 Å². The number of benzene rings is 1. The highest BCUT2D eigenvalue weighted by atomic mass is 32.2. The molecule has 29 heavy (non-hydrogen) atoms. The Hall–Kier alpha value is -1.86. The van der Waals surface area contributed by atoms with Crippen LogP contribution >= 0.6 is 0 Å². The minimum absolute atomic E-state index is 0.0861. The lowest BCUT2D eigenvalue weighted by Crippen LogP contribution is -2.42. The number of ether oxygens (including phenoxy) is 1. The Morgan fingerprint density at radius 2 is 1.90 bits per heavy atom. The van der Waals surface area contributed by atoms with Gasteiger partial charge in [-0.05, 0) is 47.8 Å². The standard InChI is InChI=1S/C22H30O6S/c1-20(2,3)17-11-14(28-6)9-13(18(17)23)10-15-16-7-8-22(19(15)24,21(16,4)5)12-29(25,26)27/h9-11,16,23H,7-8,12H2,1-6H3,(H,25,26,27). The van der Waals surface area contributed by atoms with Crippen LogP contribution in [0.5, 0.6) is 11.5 Å². The summed E-state index contributed by atoms with van der Waals surface area (Å²) in [5.74, 6) is -0.307. The van der Waals surface area contributed by atoms with Crippen LogP contribution < -0.4 is 4.74 Å². The third-order valence-electron chi connectivity index (χ3n) is 6.93. The van der Waals surface area contributed by atoms with E-state index in [4.69, 9.17) is 4.74 Å². The van der Waals surface area contributed by atoms with E-state index in [1.54, 1.807) is 25.3 Å². The van der Waals surface area contributed by atoms with Gasteiger partial charge in [0.2, 0.25) is 0 Å². The Balaban J connectivity index is 2.17. The Labute approximate surface area is 172 Å². The highest BCUT2D eigenvalue weighted by Crippen LogP contribution is 2.66. The zero-order valence-electron chi connectivity index (χ0n) is 17.9. The lowest BCUT2D eigenvalue weighted by atomic mass is 9.70. The van der Waals surface area contributed by atoms with Gasteiger partial charge in [-0.2, -0.15) is 8.42 Å². The number of carbonyl (C=O) groups excluding carboxylic acids is 1. The summed E-state index contributed by atoms with van der Waals surface area (Å²) in [4.78, 5) is 13.4. The molecule has 2 aliphatic rings. The molecule has 2 saturated carbocycles. The second-order valence-electron chi connectivity index (χ2n) is 9.91. The van der Waals surface area contributed by atoms with E-state index in [0.29, 0.717) is 35.3 Å². The van der Waals surface area contributed by atoms with E-state index in [-0.39, 0.29) is 22.9 Å². The summed E-state index contributed by atoms with van der Waals surface area (Å²) in [7, 11) is -2.77. The SMILES string of the molecule is COc1cc(C=C2C(=O)C3(CS(=O)(=O)O)CCC2C3(C)C)c(O)c(C(C)(C)C)c1. The number of aromatic hydroxyl groups is 1. The number of Topliss-reactive ketones (excluding diaryl/α,β-unsaturated/α-hetero) is 1. The van der Waals surface area contributed by atoms with Crippen molar-refractivity contribution in [3.8, 4) is 11.5 Å². The average molecular weight is 423 g/mol. The largest absolute Gasteiger partial charge is 0.507 e. The van der Waals surface area contributed by atoms with E-state index in [1.807, 2.05) is 34.6 Å². The minimum Gasteiger partial charge on any atom is -0.507 e. The van der Waals surface area contributed by atoms with Gasteiger partial charge in [0.25, 0.3) is 10.1 Å². The highest BCUT2D eigenvalue weighted by molar-refractivity contribution is 7.85. The number of phenols is 1. The molecular formula is C22H30O6S. The zero-order valence-corrected chi connectivity index (χ0v) is 18.7. The van der Waals surface area contributed by atoms with Crippen LogP contribution in [0.3, 0.4) is 0 Å². The topological polar surface area (TPSA) is 101 Å². The van der Waals surface area contributed by atoms with Crippen LogP contribution in [0.2, 0.25) is 0 Å². The molecule has 2 bridgehead atoms. The smallest absolute Gasteiger partial charge is 0.265 e. The molecule has 3 rings (SSSR count).